The fourth-order valence-electron chi connectivity index (χ4n) is 1.92. The number of hydrogen-bond donors (Lipinski definition) is 0. The van der Waals surface area contributed by atoms with E-state index in [1.165, 1.54) is 12.1 Å². The normalized spacial score (nSPS) is 10.6. The van der Waals surface area contributed by atoms with Gasteiger partial charge in [0.1, 0.15) is 5.82 Å². The third-order valence-electron chi connectivity index (χ3n) is 2.96. The van der Waals surface area contributed by atoms with Gasteiger partial charge in [0.2, 0.25) is 5.88 Å². The van der Waals surface area contributed by atoms with Gasteiger partial charge < -0.3 is 4.74 Å². The lowest BCUT2D eigenvalue weighted by Crippen LogP contribution is -2.20. The van der Waals surface area contributed by atoms with Crippen LogP contribution >= 0.6 is 11.6 Å². The minimum absolute atomic E-state index is 0.0324. The molecule has 23 heavy (non-hydrogen) atoms. The molecule has 1 heterocycles. The second-order valence-corrected chi connectivity index (χ2v) is 4.96. The fraction of sp³-hybridized carbons (Fsp3) is 0. The van der Waals surface area contributed by atoms with E-state index in [1.807, 2.05) is 0 Å². The molecule has 3 aromatic rings. The van der Waals surface area contributed by atoms with Crippen LogP contribution in [0, 0.1) is 11.6 Å². The zero-order chi connectivity index (χ0) is 16.4. The average molecular weight is 335 g/mol. The molecule has 0 N–H and O–H groups in total. The number of benzene rings is 2. The molecule has 0 amide bonds. The van der Waals surface area contributed by atoms with Crippen molar-refractivity contribution in [3.05, 3.63) is 81.6 Å². The molecule has 0 aliphatic heterocycles. The van der Waals surface area contributed by atoms with E-state index >= 15 is 0 Å². The maximum absolute atomic E-state index is 13.6. The van der Waals surface area contributed by atoms with Crippen LogP contribution in [0.15, 0.2) is 59.4 Å². The summed E-state index contributed by atoms with van der Waals surface area (Å²) < 4.78 is 32.8. The molecule has 0 saturated heterocycles. The summed E-state index contributed by atoms with van der Waals surface area (Å²) in [5.74, 6) is -1.83. The summed E-state index contributed by atoms with van der Waals surface area (Å²) in [7, 11) is 0. The number of rotatable bonds is 3. The van der Waals surface area contributed by atoms with Gasteiger partial charge in [0.15, 0.2) is 11.6 Å². The Morgan fingerprint density at radius 1 is 1.04 bits per heavy atom. The predicted octanol–water partition coefficient (Wildman–Crippen LogP) is 3.96. The minimum atomic E-state index is -0.873. The molecule has 4 nitrogen and oxygen atoms in total. The van der Waals surface area contributed by atoms with Crippen LogP contribution in [0.1, 0.15) is 0 Å². The van der Waals surface area contributed by atoms with Crippen molar-refractivity contribution < 1.29 is 13.5 Å². The van der Waals surface area contributed by atoms with E-state index in [4.69, 9.17) is 16.3 Å². The van der Waals surface area contributed by atoms with Crippen LogP contribution in [-0.2, 0) is 0 Å². The van der Waals surface area contributed by atoms with Gasteiger partial charge >= 0.3 is 0 Å². The molecule has 0 bridgehead atoms. The van der Waals surface area contributed by atoms with Gasteiger partial charge in [-0.2, -0.15) is 4.68 Å². The van der Waals surface area contributed by atoms with Crippen LogP contribution < -0.4 is 10.3 Å². The molecule has 0 fully saturated rings. The van der Waals surface area contributed by atoms with E-state index in [0.717, 1.165) is 16.8 Å². The molecule has 0 unspecified atom stereocenters. The van der Waals surface area contributed by atoms with E-state index < -0.39 is 17.2 Å². The largest absolute Gasteiger partial charge is 0.434 e. The highest BCUT2D eigenvalue weighted by Gasteiger charge is 2.10. The summed E-state index contributed by atoms with van der Waals surface area (Å²) in [6.45, 7) is 0. The Kier molecular flexibility index (Phi) is 4.08. The van der Waals surface area contributed by atoms with Crippen LogP contribution in [0.5, 0.6) is 11.6 Å². The second-order valence-electron chi connectivity index (χ2n) is 4.55. The number of ether oxygens (including phenoxy) is 1. The van der Waals surface area contributed by atoms with Crippen molar-refractivity contribution in [1.29, 1.82) is 0 Å². The molecule has 0 saturated carbocycles. The van der Waals surface area contributed by atoms with Crippen molar-refractivity contribution in [3.8, 4) is 17.3 Å². The Balaban J connectivity index is 2.01. The van der Waals surface area contributed by atoms with E-state index in [0.29, 0.717) is 16.8 Å². The summed E-state index contributed by atoms with van der Waals surface area (Å²) >= 11 is 6.04. The molecule has 0 spiro atoms. The van der Waals surface area contributed by atoms with Crippen LogP contribution in [-0.4, -0.2) is 9.78 Å². The van der Waals surface area contributed by atoms with Gasteiger partial charge in [-0.05, 0) is 24.3 Å². The van der Waals surface area contributed by atoms with Crippen molar-refractivity contribution in [3.63, 3.8) is 0 Å². The highest BCUT2D eigenvalue weighted by atomic mass is 35.5. The summed E-state index contributed by atoms with van der Waals surface area (Å²) in [6.07, 6.45) is 0. The minimum Gasteiger partial charge on any atom is -0.434 e. The summed E-state index contributed by atoms with van der Waals surface area (Å²) in [5, 5.41) is 4.33. The SMILES string of the molecule is O=c1ccc(Oc2ccc(F)cc2F)nn1-c1ccccc1Cl. The molecular formula is C16H9ClF2N2O2. The molecule has 116 valence electrons. The first-order chi connectivity index (χ1) is 11.0. The van der Waals surface area contributed by atoms with E-state index in [2.05, 4.69) is 5.10 Å². The predicted molar refractivity (Wildman–Crippen MR) is 81.3 cm³/mol. The summed E-state index contributed by atoms with van der Waals surface area (Å²) in [6, 6.07) is 12.0. The van der Waals surface area contributed by atoms with Crippen molar-refractivity contribution in [2.45, 2.75) is 0 Å². The van der Waals surface area contributed by atoms with E-state index in [9.17, 15) is 13.6 Å². The number of halogens is 3. The van der Waals surface area contributed by atoms with Crippen molar-refractivity contribution >= 4 is 11.6 Å². The lowest BCUT2D eigenvalue weighted by atomic mass is 10.3. The van der Waals surface area contributed by atoms with Gasteiger partial charge in [0.25, 0.3) is 5.56 Å². The number of para-hydroxylation sites is 1. The molecule has 1 aromatic heterocycles. The van der Waals surface area contributed by atoms with Crippen LogP contribution in [0.2, 0.25) is 5.02 Å². The fourth-order valence-corrected chi connectivity index (χ4v) is 2.13. The first-order valence-electron chi connectivity index (χ1n) is 6.53. The Morgan fingerprint density at radius 3 is 2.57 bits per heavy atom. The van der Waals surface area contributed by atoms with Gasteiger partial charge in [-0.3, -0.25) is 4.79 Å². The van der Waals surface area contributed by atoms with Crippen molar-refractivity contribution in [1.82, 2.24) is 9.78 Å². The molecule has 0 aliphatic rings. The number of aromatic nitrogens is 2. The third kappa shape index (κ3) is 3.22. The first kappa shape index (κ1) is 15.2. The zero-order valence-corrected chi connectivity index (χ0v) is 12.3. The molecule has 7 heteroatoms. The Morgan fingerprint density at radius 2 is 1.83 bits per heavy atom. The van der Waals surface area contributed by atoms with Gasteiger partial charge in [0.05, 0.1) is 10.7 Å². The van der Waals surface area contributed by atoms with Crippen LogP contribution in [0.4, 0.5) is 8.78 Å². The van der Waals surface area contributed by atoms with E-state index in [1.54, 1.807) is 24.3 Å². The topological polar surface area (TPSA) is 44.1 Å². The smallest absolute Gasteiger partial charge is 0.271 e. The number of hydrogen-bond acceptors (Lipinski definition) is 3. The van der Waals surface area contributed by atoms with Gasteiger partial charge in [-0.1, -0.05) is 23.7 Å². The quantitative estimate of drug-likeness (QED) is 0.728. The summed E-state index contributed by atoms with van der Waals surface area (Å²) in [4.78, 5) is 12.0. The van der Waals surface area contributed by atoms with Crippen molar-refractivity contribution in [2.24, 2.45) is 0 Å². The van der Waals surface area contributed by atoms with Crippen molar-refractivity contribution in [2.75, 3.05) is 0 Å². The highest BCUT2D eigenvalue weighted by Crippen LogP contribution is 2.24. The molecule has 0 atom stereocenters. The Bertz CT molecular complexity index is 928. The highest BCUT2D eigenvalue weighted by molar-refractivity contribution is 6.32. The third-order valence-corrected chi connectivity index (χ3v) is 3.28. The van der Waals surface area contributed by atoms with Crippen LogP contribution in [0.25, 0.3) is 5.69 Å². The molecular weight excluding hydrogens is 326 g/mol. The maximum atomic E-state index is 13.6. The monoisotopic (exact) mass is 334 g/mol. The number of nitrogens with zero attached hydrogens (tertiary/aromatic N) is 2. The molecule has 3 rings (SSSR count). The Labute approximate surface area is 134 Å². The zero-order valence-electron chi connectivity index (χ0n) is 11.5. The maximum Gasteiger partial charge on any atom is 0.271 e. The second kappa shape index (κ2) is 6.18. The van der Waals surface area contributed by atoms with E-state index in [-0.39, 0.29) is 11.6 Å². The molecule has 0 radical (unpaired) electrons. The Hall–Kier alpha value is -2.73. The van der Waals surface area contributed by atoms with Gasteiger partial charge in [-0.25, -0.2) is 8.78 Å². The standard InChI is InChI=1S/C16H9ClF2N2O2/c17-11-3-1-2-4-13(11)21-16(22)8-7-15(20-21)23-14-6-5-10(18)9-12(14)19/h1-9H. The van der Waals surface area contributed by atoms with Gasteiger partial charge in [-0.15, -0.1) is 5.10 Å². The lowest BCUT2D eigenvalue weighted by molar-refractivity contribution is 0.413. The van der Waals surface area contributed by atoms with Crippen LogP contribution in [0.3, 0.4) is 0 Å². The molecule has 0 aliphatic carbocycles. The molecule has 2 aromatic carbocycles. The van der Waals surface area contributed by atoms with Gasteiger partial charge in [0, 0.05) is 18.2 Å². The lowest BCUT2D eigenvalue weighted by Gasteiger charge is -2.09. The summed E-state index contributed by atoms with van der Waals surface area (Å²) in [5.41, 5.74) is -0.0609. The average Bonchev–Trinajstić information content (AvgIpc) is 2.52. The first-order valence-corrected chi connectivity index (χ1v) is 6.90.